The second kappa shape index (κ2) is 65.1. The van der Waals surface area contributed by atoms with Gasteiger partial charge >= 0.3 is 36.7 Å². The number of nitrogens with two attached hydrogens (primary N) is 2. The van der Waals surface area contributed by atoms with Crippen molar-refractivity contribution in [3.8, 4) is 56.3 Å². The average molecular weight is 2190 g/mol. The van der Waals surface area contributed by atoms with E-state index < -0.39 is 37.2 Å². The number of ether oxygens (including phenoxy) is 10. The van der Waals surface area contributed by atoms with Crippen LogP contribution in [0.1, 0.15) is 197 Å². The molecule has 772 valence electrons. The summed E-state index contributed by atoms with van der Waals surface area (Å²) in [6.45, 7) is 20.6. The number of H-pyrrole nitrogens is 2. The molecule has 8 N–H and O–H groups in total. The number of halogens is 3. The Balaban J connectivity index is 0.000000418. The van der Waals surface area contributed by atoms with Gasteiger partial charge in [0.2, 0.25) is 25.2 Å². The van der Waals surface area contributed by atoms with Crippen LogP contribution in [-0.2, 0) is 87.4 Å². The molecule has 0 amide bonds. The second-order valence-electron chi connectivity index (χ2n) is 33.6. The average Bonchev–Trinajstić information content (AvgIpc) is 1.62. The molecule has 15 rings (SSSR count). The van der Waals surface area contributed by atoms with Crippen molar-refractivity contribution in [1.29, 1.82) is 0 Å². The molecule has 13 heterocycles. The SMILES string of the molecule is CC(=O)c1ccncc1.CC1(C)CC=C(B2OC(C)(C)C(C)(C)O2)CC1.COC(OC)C(=O)CC(=O)c1ccncc1.COC(OC)C(C)=O.COC(OC)c1[nH]nc(-c2ccncc2)c1Br.COC(OC)c1c(Br)c(-c2ccncc2)nn1C.COC(OC)c1cc(-c2ccncc2)n[nH]1.C[O-].Cn1nc(-c2ccncc2)c(Br)c1C=O.Cn1nc(-c2ccncc2)c(C2=CCC(C)(C)CC2)c1C=O.NN.O.[Na+]. The number of aromatic amines is 2. The summed E-state index contributed by atoms with van der Waals surface area (Å²) < 4.78 is 69.4. The third-order valence-corrected chi connectivity index (χ3v) is 24.6. The zero-order chi connectivity index (χ0) is 105. The number of allylic oxidation sites excluding steroid dienone is 4. The first-order valence-electron chi connectivity index (χ1n) is 44.3. The maximum Gasteiger partial charge on any atom is 1.00 e. The molecule has 2 aliphatic carbocycles. The number of hydrazine groups is 1. The first-order chi connectivity index (χ1) is 67.9. The van der Waals surface area contributed by atoms with Crippen molar-refractivity contribution in [2.24, 2.45) is 43.7 Å². The third-order valence-electron chi connectivity index (χ3n) is 22.2. The number of hydrogen-bond acceptors (Lipinski definition) is 33. The number of aldehydes is 2. The normalized spacial score (nSPS) is 13.5. The monoisotopic (exact) mass is 2190 g/mol. The molecular weight excluding hydrogens is 2060 g/mol. The van der Waals surface area contributed by atoms with Gasteiger partial charge in [-0.15, -0.1) is 0 Å². The fourth-order valence-corrected chi connectivity index (χ4v) is 15.7. The molecular formula is C100H132BBr3N19NaO20. The van der Waals surface area contributed by atoms with Crippen LogP contribution in [0.15, 0.2) is 209 Å². The summed E-state index contributed by atoms with van der Waals surface area (Å²) in [7, 11) is 21.1. The Morgan fingerprint density at radius 2 is 0.840 bits per heavy atom. The Bertz CT molecular complexity index is 5840. The summed E-state index contributed by atoms with van der Waals surface area (Å²) in [6, 6.07) is 27.4. The Hall–Kier alpha value is -10.5. The number of hydrogen-bond donors (Lipinski definition) is 4. The molecule has 3 aliphatic rings. The van der Waals surface area contributed by atoms with E-state index in [-0.39, 0.29) is 77.1 Å². The third kappa shape index (κ3) is 38.1. The van der Waals surface area contributed by atoms with Gasteiger partial charge in [0.15, 0.2) is 42.0 Å². The minimum absolute atomic E-state index is 0. The Kier molecular flexibility index (Phi) is 57.7. The maximum atomic E-state index is 11.6. The van der Waals surface area contributed by atoms with Gasteiger partial charge in [0.25, 0.3) is 0 Å². The van der Waals surface area contributed by atoms with Gasteiger partial charge in [-0.3, -0.25) is 99.6 Å². The van der Waals surface area contributed by atoms with Crippen LogP contribution < -0.4 is 46.3 Å². The van der Waals surface area contributed by atoms with Gasteiger partial charge in [0.05, 0.1) is 42.4 Å². The van der Waals surface area contributed by atoms with Crippen LogP contribution in [0.2, 0.25) is 0 Å². The summed E-state index contributed by atoms with van der Waals surface area (Å²) >= 11 is 10.4. The molecule has 0 saturated carbocycles. The summed E-state index contributed by atoms with van der Waals surface area (Å²) in [5, 5.41) is 35.8. The molecule has 1 fully saturated rings. The Morgan fingerprint density at radius 1 is 0.465 bits per heavy atom. The molecule has 0 spiro atoms. The van der Waals surface area contributed by atoms with Crippen molar-refractivity contribution in [2.45, 2.75) is 157 Å². The van der Waals surface area contributed by atoms with Crippen molar-refractivity contribution in [3.63, 3.8) is 0 Å². The summed E-state index contributed by atoms with van der Waals surface area (Å²) in [5.41, 5.74) is 17.6. The number of carbonyl (C=O) groups excluding carboxylic acids is 6. The molecule has 39 nitrogen and oxygen atoms in total. The molecule has 0 radical (unpaired) electrons. The number of Topliss-reactive ketones (excluding diaryl/α,β-unsaturated/α-hetero) is 4. The number of ketones is 4. The Morgan fingerprint density at radius 3 is 1.21 bits per heavy atom. The Labute approximate surface area is 888 Å². The van der Waals surface area contributed by atoms with E-state index in [2.05, 4.69) is 207 Å². The van der Waals surface area contributed by atoms with E-state index in [0.29, 0.717) is 37.8 Å². The van der Waals surface area contributed by atoms with Crippen LogP contribution in [0.4, 0.5) is 0 Å². The summed E-state index contributed by atoms with van der Waals surface area (Å²) in [6.07, 6.45) is 33.1. The van der Waals surface area contributed by atoms with Crippen LogP contribution in [0.5, 0.6) is 0 Å². The first kappa shape index (κ1) is 128. The number of rotatable bonds is 28. The maximum absolute atomic E-state index is 11.6. The molecule has 0 atom stereocenters. The molecule has 144 heavy (non-hydrogen) atoms. The largest absolute Gasteiger partial charge is 1.00 e. The molecule has 1 saturated heterocycles. The molecule has 12 aromatic rings. The number of pyridine rings is 7. The zero-order valence-electron chi connectivity index (χ0n) is 86.2. The standard InChI is InChI=1S/C18H21N3O.C14H25BO2.C12H14BrN3O2.C11H12BrN3O2.C11H13N3O2.C11H13NO4.C10H8BrN3O.C7H7NO.C5H10O3.CH3O.H4N2.Na.H2O/c1-18(2)8-4-13(5-9-18)16-15(12-22)21(3)20-17(16)14-6-10-19-11-7-14;1-12(2)9-7-11(8-10-12)15-16-13(3,4)14(5,6)17-15;1-16-11(12(17-2)18-3)9(13)10(15-16)8-4-6-14-7-5-8;1-16-11(17-2)10-8(12)9(14-15-10)7-3-5-13-6-4-7;1-15-11(16-2)10-7-9(13-14-10)8-3-5-12-6-4-8;1-15-11(16-2)10(14)7-9(13)8-3-5-12-6-4-8;1-14-8(6-15)9(11)10(13-14)7-2-4-12-5-3-7;1-6(9)7-2-4-8-5-3-7;1-4(6)5(7-2)8-3;2*1-2;;/h4,6-7,10-12H,5,8-9H2,1-3H3;7H,8-10H2,1-6H3;4-7,12H,1-3H3;3-6,11H,1-2H3,(H,14,15);3-7,11H,1-2H3,(H,13,14);3-6,11H,7H2,1-2H3;2-6H,1H3;2-5H,1H3;5H,1-3H3;1H3;1-2H2;;1H2/q;;;;;;;;;-1;;+1;. The molecule has 0 bridgehead atoms. The van der Waals surface area contributed by atoms with E-state index in [9.17, 15) is 28.8 Å². The van der Waals surface area contributed by atoms with Crippen LogP contribution >= 0.6 is 47.8 Å². The van der Waals surface area contributed by atoms with Crippen LogP contribution in [0, 0.1) is 10.8 Å². The molecule has 44 heteroatoms. The number of aryl methyl sites for hydroxylation is 3. The smallest absolute Gasteiger partial charge is 0.857 e. The van der Waals surface area contributed by atoms with Gasteiger partial charge in [-0.25, -0.2) is 0 Å². The summed E-state index contributed by atoms with van der Waals surface area (Å²) in [4.78, 5) is 93.9. The van der Waals surface area contributed by atoms with E-state index in [1.807, 2.05) is 80.8 Å². The number of aromatic nitrogens is 17. The van der Waals surface area contributed by atoms with Crippen molar-refractivity contribution >= 4 is 96.2 Å². The fraction of sp³-hybridized carbons (Fsp3) is 0.400. The fourth-order valence-electron chi connectivity index (χ4n) is 13.7. The predicted octanol–water partition coefficient (Wildman–Crippen LogP) is 12.8. The van der Waals surface area contributed by atoms with E-state index in [0.717, 1.165) is 140 Å². The number of methoxy groups -OCH3 is 10. The molecule has 12 aromatic heterocycles. The predicted molar refractivity (Wildman–Crippen MR) is 551 cm³/mol. The van der Waals surface area contributed by atoms with Gasteiger partial charge in [-0.1, -0.05) is 39.8 Å². The first-order valence-corrected chi connectivity index (χ1v) is 46.7. The van der Waals surface area contributed by atoms with Crippen LogP contribution in [-0.4, -0.2) is 235 Å². The van der Waals surface area contributed by atoms with Crippen LogP contribution in [0.25, 0.3) is 61.9 Å². The van der Waals surface area contributed by atoms with E-state index in [1.165, 1.54) is 72.1 Å². The number of nitrogens with zero attached hydrogens (tertiary/aromatic N) is 15. The van der Waals surface area contributed by atoms with Crippen molar-refractivity contribution < 1.29 is 126 Å². The topological polar surface area (TPSA) is 521 Å². The molecule has 1 aliphatic heterocycles. The minimum Gasteiger partial charge on any atom is -0.857 e. The zero-order valence-corrected chi connectivity index (χ0v) is 93.0. The van der Waals surface area contributed by atoms with Gasteiger partial charge in [-0.05, 0) is 241 Å². The summed E-state index contributed by atoms with van der Waals surface area (Å²) in [5.74, 6) is 7.30. The molecule has 0 aromatic carbocycles. The number of nitrogens with one attached hydrogen (secondary N) is 2. The van der Waals surface area contributed by atoms with E-state index in [1.54, 1.807) is 162 Å². The number of carbonyl (C=O) groups is 6. The van der Waals surface area contributed by atoms with Gasteiger partial charge in [0.1, 0.15) is 45.6 Å². The van der Waals surface area contributed by atoms with Gasteiger partial charge < -0.3 is 67.3 Å². The van der Waals surface area contributed by atoms with E-state index in [4.69, 9.17) is 52.3 Å². The second-order valence-corrected chi connectivity index (χ2v) is 35.9. The minimum atomic E-state index is -0.981. The quantitative estimate of drug-likeness (QED) is 0.00673. The van der Waals surface area contributed by atoms with Gasteiger partial charge in [0, 0.05) is 224 Å². The van der Waals surface area contributed by atoms with Crippen LogP contribution in [0.3, 0.4) is 0 Å². The van der Waals surface area contributed by atoms with Crippen molar-refractivity contribution in [1.82, 2.24) is 84.6 Å². The van der Waals surface area contributed by atoms with Crippen molar-refractivity contribution in [2.75, 3.05) is 78.2 Å². The van der Waals surface area contributed by atoms with E-state index >= 15 is 0 Å². The van der Waals surface area contributed by atoms with Crippen molar-refractivity contribution in [3.05, 3.63) is 254 Å². The molecule has 0 unspecified atom stereocenters. The van der Waals surface area contributed by atoms with Gasteiger partial charge in [-0.2, -0.15) is 32.6 Å².